The Balaban J connectivity index is 1.52. The molecule has 3 amide bonds. The maximum Gasteiger partial charge on any atom is 0.276 e. The highest BCUT2D eigenvalue weighted by molar-refractivity contribution is 5.90. The lowest BCUT2D eigenvalue weighted by Gasteiger charge is -2.27. The predicted octanol–water partition coefficient (Wildman–Crippen LogP) is 3.45. The van der Waals surface area contributed by atoms with E-state index in [1.165, 1.54) is 5.56 Å². The average Bonchev–Trinajstić information content (AvgIpc) is 3.39. The monoisotopic (exact) mass is 469 g/mol. The van der Waals surface area contributed by atoms with Gasteiger partial charge in [0.25, 0.3) is 5.91 Å². The number of hydrogen-bond donors (Lipinski definition) is 2. The van der Waals surface area contributed by atoms with Crippen LogP contribution in [0.3, 0.4) is 0 Å². The van der Waals surface area contributed by atoms with Gasteiger partial charge in [0.1, 0.15) is 11.5 Å². The van der Waals surface area contributed by atoms with Gasteiger partial charge >= 0.3 is 0 Å². The number of hydrazine groups is 1. The Bertz CT molecular complexity index is 1030. The summed E-state index contributed by atoms with van der Waals surface area (Å²) in [6.07, 6.45) is 1.63. The second-order valence-corrected chi connectivity index (χ2v) is 10.8. The fourth-order valence-electron chi connectivity index (χ4n) is 3.81. The lowest BCUT2D eigenvalue weighted by atomic mass is 9.80. The Morgan fingerprint density at radius 1 is 1.09 bits per heavy atom. The Labute approximate surface area is 201 Å². The molecule has 3 rings (SSSR count). The van der Waals surface area contributed by atoms with Crippen LogP contribution in [0.2, 0.25) is 0 Å². The highest BCUT2D eigenvalue weighted by Gasteiger charge is 2.34. The van der Waals surface area contributed by atoms with Crippen molar-refractivity contribution in [2.75, 3.05) is 13.2 Å². The lowest BCUT2D eigenvalue weighted by molar-refractivity contribution is -0.132. The quantitative estimate of drug-likeness (QED) is 0.631. The Kier molecular flexibility index (Phi) is 7.38. The van der Waals surface area contributed by atoms with Crippen molar-refractivity contribution < 1.29 is 23.5 Å². The molecule has 0 saturated carbocycles. The Morgan fingerprint density at radius 2 is 1.82 bits per heavy atom. The van der Waals surface area contributed by atoms with E-state index >= 15 is 0 Å². The van der Waals surface area contributed by atoms with Crippen molar-refractivity contribution in [3.05, 3.63) is 53.5 Å². The number of carbonyl (C=O) groups is 3. The zero-order valence-electron chi connectivity index (χ0n) is 20.9. The highest BCUT2D eigenvalue weighted by Crippen LogP contribution is 2.35. The number of carbonyl (C=O) groups excluding carboxylic acids is 3. The molecule has 1 fully saturated rings. The molecule has 184 valence electrons. The molecule has 8 nitrogen and oxygen atoms in total. The molecule has 0 aliphatic carbocycles. The van der Waals surface area contributed by atoms with Gasteiger partial charge in [0.05, 0.1) is 18.7 Å². The minimum absolute atomic E-state index is 0.00462. The first-order valence-corrected chi connectivity index (χ1v) is 11.5. The van der Waals surface area contributed by atoms with Gasteiger partial charge in [-0.05, 0) is 40.2 Å². The van der Waals surface area contributed by atoms with Crippen molar-refractivity contribution >= 4 is 17.7 Å². The Hall–Kier alpha value is -3.29. The zero-order valence-corrected chi connectivity index (χ0v) is 20.9. The summed E-state index contributed by atoms with van der Waals surface area (Å²) in [7, 11) is 0. The molecule has 0 spiro atoms. The Morgan fingerprint density at radius 3 is 2.44 bits per heavy atom. The van der Waals surface area contributed by atoms with E-state index in [4.69, 9.17) is 9.15 Å². The number of ether oxygens (including phenoxy) is 1. The number of benzene rings is 1. The molecule has 2 heterocycles. The van der Waals surface area contributed by atoms with Crippen LogP contribution in [0.25, 0.3) is 0 Å². The van der Waals surface area contributed by atoms with Crippen LogP contribution in [0.4, 0.5) is 0 Å². The molecule has 0 bridgehead atoms. The third-order valence-corrected chi connectivity index (χ3v) is 5.85. The first kappa shape index (κ1) is 25.3. The molecule has 1 saturated heterocycles. The topological polar surface area (TPSA) is 101 Å². The minimum atomic E-state index is -0.541. The third kappa shape index (κ3) is 6.40. The second-order valence-electron chi connectivity index (χ2n) is 10.8. The van der Waals surface area contributed by atoms with Crippen molar-refractivity contribution in [1.82, 2.24) is 15.8 Å². The molecule has 1 aromatic heterocycles. The summed E-state index contributed by atoms with van der Waals surface area (Å²) < 4.78 is 11.1. The van der Waals surface area contributed by atoms with E-state index in [1.54, 1.807) is 23.3 Å². The lowest BCUT2D eigenvalue weighted by Crippen LogP contribution is -2.46. The van der Waals surface area contributed by atoms with Gasteiger partial charge in [-0.15, -0.1) is 0 Å². The van der Waals surface area contributed by atoms with E-state index < -0.39 is 17.7 Å². The van der Waals surface area contributed by atoms with Gasteiger partial charge in [0.15, 0.2) is 6.61 Å². The van der Waals surface area contributed by atoms with Gasteiger partial charge in [-0.3, -0.25) is 25.2 Å². The van der Waals surface area contributed by atoms with Crippen LogP contribution in [0.1, 0.15) is 64.9 Å². The van der Waals surface area contributed by atoms with Crippen molar-refractivity contribution in [2.45, 2.75) is 65.3 Å². The number of hydrogen-bond acceptors (Lipinski definition) is 5. The fraction of sp³-hybridized carbons (Fsp3) is 0.500. The van der Waals surface area contributed by atoms with E-state index in [2.05, 4.69) is 58.5 Å². The van der Waals surface area contributed by atoms with Crippen LogP contribution in [0.5, 0.6) is 5.75 Å². The van der Waals surface area contributed by atoms with Crippen molar-refractivity contribution in [3.8, 4) is 5.75 Å². The van der Waals surface area contributed by atoms with E-state index in [-0.39, 0.29) is 36.3 Å². The van der Waals surface area contributed by atoms with Gasteiger partial charge < -0.3 is 14.1 Å². The van der Waals surface area contributed by atoms with Crippen LogP contribution in [0.15, 0.2) is 41.0 Å². The van der Waals surface area contributed by atoms with Gasteiger partial charge in [0.2, 0.25) is 11.8 Å². The largest absolute Gasteiger partial charge is 0.483 e. The molecule has 1 atom stereocenters. The summed E-state index contributed by atoms with van der Waals surface area (Å²) in [5, 5.41) is 0. The van der Waals surface area contributed by atoms with Crippen LogP contribution < -0.4 is 15.6 Å². The molecule has 34 heavy (non-hydrogen) atoms. The molecule has 1 aliphatic rings. The van der Waals surface area contributed by atoms with E-state index in [1.807, 2.05) is 12.1 Å². The third-order valence-electron chi connectivity index (χ3n) is 5.85. The molecule has 0 radical (unpaired) electrons. The highest BCUT2D eigenvalue weighted by atomic mass is 16.5. The average molecular weight is 470 g/mol. The van der Waals surface area contributed by atoms with E-state index in [0.717, 1.165) is 5.56 Å². The van der Waals surface area contributed by atoms with Crippen molar-refractivity contribution in [2.24, 2.45) is 5.92 Å². The van der Waals surface area contributed by atoms with Gasteiger partial charge in [-0.1, -0.05) is 53.7 Å². The molecule has 2 aromatic rings. The van der Waals surface area contributed by atoms with Crippen LogP contribution in [-0.4, -0.2) is 35.8 Å². The number of rotatable bonds is 6. The molecule has 2 N–H and O–H groups in total. The normalized spacial score (nSPS) is 16.5. The molecule has 8 heteroatoms. The van der Waals surface area contributed by atoms with Gasteiger partial charge in [0, 0.05) is 13.0 Å². The number of likely N-dealkylation sites (tertiary alicyclic amines) is 1. The first-order chi connectivity index (χ1) is 15.8. The van der Waals surface area contributed by atoms with Crippen LogP contribution in [0, 0.1) is 5.92 Å². The molecule has 1 unspecified atom stereocenters. The standard InChI is InChI=1S/C26H35N3O5/c1-25(2,3)18-9-10-21(20(13-18)26(4,5)6)34-16-22(30)27-28-24(32)17-12-23(31)29(14-17)15-19-8-7-11-33-19/h7-11,13,17H,12,14-16H2,1-6H3,(H,27,30)(H,28,32). The summed E-state index contributed by atoms with van der Waals surface area (Å²) >= 11 is 0. The summed E-state index contributed by atoms with van der Waals surface area (Å²) in [5.41, 5.74) is 6.83. The SMILES string of the molecule is CC(C)(C)c1ccc(OCC(=O)NNC(=O)C2CC(=O)N(Cc3ccco3)C2)c(C(C)(C)C)c1. The fourth-order valence-corrected chi connectivity index (χ4v) is 3.81. The summed E-state index contributed by atoms with van der Waals surface area (Å²) in [5.74, 6) is -0.263. The smallest absolute Gasteiger partial charge is 0.276 e. The molecule has 1 aromatic carbocycles. The van der Waals surface area contributed by atoms with E-state index in [0.29, 0.717) is 18.1 Å². The number of furan rings is 1. The summed E-state index contributed by atoms with van der Waals surface area (Å²) in [4.78, 5) is 38.6. The number of nitrogens with zero attached hydrogens (tertiary/aromatic N) is 1. The zero-order chi connectivity index (χ0) is 25.1. The number of amides is 3. The van der Waals surface area contributed by atoms with E-state index in [9.17, 15) is 14.4 Å². The molecular weight excluding hydrogens is 434 g/mol. The first-order valence-electron chi connectivity index (χ1n) is 11.5. The maximum absolute atomic E-state index is 12.5. The number of nitrogens with one attached hydrogen (secondary N) is 2. The van der Waals surface area contributed by atoms with Crippen molar-refractivity contribution in [1.29, 1.82) is 0 Å². The van der Waals surface area contributed by atoms with Crippen molar-refractivity contribution in [3.63, 3.8) is 0 Å². The van der Waals surface area contributed by atoms with Crippen LogP contribution in [-0.2, 0) is 31.8 Å². The molecule has 1 aliphatic heterocycles. The van der Waals surface area contributed by atoms with Gasteiger partial charge in [-0.2, -0.15) is 0 Å². The molecular formula is C26H35N3O5. The predicted molar refractivity (Wildman–Crippen MR) is 128 cm³/mol. The maximum atomic E-state index is 12.5. The summed E-state index contributed by atoms with van der Waals surface area (Å²) in [6, 6.07) is 9.56. The summed E-state index contributed by atoms with van der Waals surface area (Å²) in [6.45, 7) is 13.1. The van der Waals surface area contributed by atoms with Gasteiger partial charge in [-0.25, -0.2) is 0 Å². The second kappa shape index (κ2) is 9.91. The minimum Gasteiger partial charge on any atom is -0.483 e. The van der Waals surface area contributed by atoms with Crippen LogP contribution >= 0.6 is 0 Å².